The number of rotatable bonds is 4. The fourth-order valence-corrected chi connectivity index (χ4v) is 2.22. The highest BCUT2D eigenvalue weighted by molar-refractivity contribution is 5.19. The second-order valence-electron chi connectivity index (χ2n) is 4.36. The molecule has 1 aromatic rings. The third-order valence-corrected chi connectivity index (χ3v) is 3.12. The summed E-state index contributed by atoms with van der Waals surface area (Å²) in [7, 11) is 0. The lowest BCUT2D eigenvalue weighted by molar-refractivity contribution is 0.223. The molecular weight excluding hydrogens is 200 g/mol. The first-order valence-electron chi connectivity index (χ1n) is 6.02. The third-order valence-electron chi connectivity index (χ3n) is 3.12. The molecule has 0 aliphatic carbocycles. The van der Waals surface area contributed by atoms with Crippen LogP contribution in [0.25, 0.3) is 0 Å². The van der Waals surface area contributed by atoms with Gasteiger partial charge in [-0.1, -0.05) is 30.3 Å². The van der Waals surface area contributed by atoms with E-state index in [1.54, 1.807) is 0 Å². The highest BCUT2D eigenvalue weighted by atomic mass is 16.3. The van der Waals surface area contributed by atoms with Crippen LogP contribution in [-0.2, 0) is 0 Å². The molecule has 2 unspecified atom stereocenters. The van der Waals surface area contributed by atoms with E-state index in [-0.39, 0.29) is 12.6 Å². The summed E-state index contributed by atoms with van der Waals surface area (Å²) < 4.78 is 0. The Morgan fingerprint density at radius 1 is 1.38 bits per heavy atom. The number of aliphatic hydroxyl groups excluding tert-OH is 1. The van der Waals surface area contributed by atoms with Crippen molar-refractivity contribution < 1.29 is 5.11 Å². The fraction of sp³-hybridized carbons (Fsp3) is 0.538. The fourth-order valence-electron chi connectivity index (χ4n) is 2.22. The van der Waals surface area contributed by atoms with Crippen LogP contribution in [0.2, 0.25) is 0 Å². The first-order chi connectivity index (χ1) is 7.90. The lowest BCUT2D eigenvalue weighted by Gasteiger charge is -2.28. The standard InChI is InChI=1S/C13H20N2O/c16-10-13(11-5-2-1-3-6-11)15-12-7-4-8-14-9-12/h1-3,5-6,12-16H,4,7-10H2. The SMILES string of the molecule is OCC(NC1CCCNC1)c1ccccc1. The molecule has 1 saturated heterocycles. The molecule has 1 heterocycles. The van der Waals surface area contributed by atoms with Crippen LogP contribution in [0.5, 0.6) is 0 Å². The van der Waals surface area contributed by atoms with Gasteiger partial charge in [0, 0.05) is 12.6 Å². The molecule has 16 heavy (non-hydrogen) atoms. The Balaban J connectivity index is 1.94. The van der Waals surface area contributed by atoms with E-state index in [1.165, 1.54) is 12.8 Å². The molecule has 0 saturated carbocycles. The van der Waals surface area contributed by atoms with E-state index in [0.29, 0.717) is 6.04 Å². The molecule has 2 rings (SSSR count). The number of nitrogens with one attached hydrogen (secondary N) is 2. The zero-order valence-corrected chi connectivity index (χ0v) is 9.52. The van der Waals surface area contributed by atoms with E-state index >= 15 is 0 Å². The van der Waals surface area contributed by atoms with E-state index in [1.807, 2.05) is 18.2 Å². The zero-order valence-electron chi connectivity index (χ0n) is 9.52. The van der Waals surface area contributed by atoms with Crippen LogP contribution in [0, 0.1) is 0 Å². The Hall–Kier alpha value is -0.900. The number of benzene rings is 1. The zero-order chi connectivity index (χ0) is 11.2. The van der Waals surface area contributed by atoms with Gasteiger partial charge in [0.1, 0.15) is 0 Å². The van der Waals surface area contributed by atoms with Gasteiger partial charge in [0.25, 0.3) is 0 Å². The van der Waals surface area contributed by atoms with E-state index in [9.17, 15) is 5.11 Å². The van der Waals surface area contributed by atoms with Crippen LogP contribution in [0.1, 0.15) is 24.4 Å². The molecule has 1 aromatic carbocycles. The van der Waals surface area contributed by atoms with Crippen LogP contribution in [0.3, 0.4) is 0 Å². The number of aliphatic hydroxyl groups is 1. The molecule has 1 fully saturated rings. The predicted octanol–water partition coefficient (Wildman–Crippen LogP) is 1.06. The molecule has 0 aromatic heterocycles. The molecule has 1 aliphatic heterocycles. The first kappa shape index (κ1) is 11.6. The Kier molecular flexibility index (Phi) is 4.34. The summed E-state index contributed by atoms with van der Waals surface area (Å²) in [6.07, 6.45) is 2.40. The summed E-state index contributed by atoms with van der Waals surface area (Å²) in [4.78, 5) is 0. The van der Waals surface area contributed by atoms with Crippen LogP contribution in [0.15, 0.2) is 30.3 Å². The maximum Gasteiger partial charge on any atom is 0.0626 e. The molecular formula is C13H20N2O. The van der Waals surface area contributed by atoms with Crippen molar-refractivity contribution >= 4 is 0 Å². The van der Waals surface area contributed by atoms with E-state index in [2.05, 4.69) is 22.8 Å². The van der Waals surface area contributed by atoms with Crippen molar-refractivity contribution in [3.63, 3.8) is 0 Å². The maximum atomic E-state index is 9.43. The van der Waals surface area contributed by atoms with Crippen LogP contribution >= 0.6 is 0 Å². The number of hydrogen-bond donors (Lipinski definition) is 3. The van der Waals surface area contributed by atoms with Gasteiger partial charge in [0.05, 0.1) is 12.6 Å². The quantitative estimate of drug-likeness (QED) is 0.711. The molecule has 0 radical (unpaired) electrons. The molecule has 88 valence electrons. The summed E-state index contributed by atoms with van der Waals surface area (Å²) in [5.41, 5.74) is 1.16. The smallest absolute Gasteiger partial charge is 0.0626 e. The molecule has 3 nitrogen and oxygen atoms in total. The number of hydrogen-bond acceptors (Lipinski definition) is 3. The highest BCUT2D eigenvalue weighted by Crippen LogP contribution is 2.14. The lowest BCUT2D eigenvalue weighted by Crippen LogP contribution is -2.45. The van der Waals surface area contributed by atoms with Crippen molar-refractivity contribution in [2.24, 2.45) is 0 Å². The summed E-state index contributed by atoms with van der Waals surface area (Å²) in [5.74, 6) is 0. The monoisotopic (exact) mass is 220 g/mol. The molecule has 0 bridgehead atoms. The van der Waals surface area contributed by atoms with Crippen molar-refractivity contribution in [1.82, 2.24) is 10.6 Å². The van der Waals surface area contributed by atoms with Crippen LogP contribution in [0.4, 0.5) is 0 Å². The molecule has 2 atom stereocenters. The van der Waals surface area contributed by atoms with Gasteiger partial charge in [-0.05, 0) is 24.9 Å². The molecule has 3 heteroatoms. The Labute approximate surface area is 96.9 Å². The van der Waals surface area contributed by atoms with Gasteiger partial charge in [-0.2, -0.15) is 0 Å². The highest BCUT2D eigenvalue weighted by Gasteiger charge is 2.17. The predicted molar refractivity (Wildman–Crippen MR) is 65.3 cm³/mol. The second-order valence-corrected chi connectivity index (χ2v) is 4.36. The van der Waals surface area contributed by atoms with Gasteiger partial charge in [-0.25, -0.2) is 0 Å². The normalized spacial score (nSPS) is 22.9. The van der Waals surface area contributed by atoms with Crippen molar-refractivity contribution in [2.75, 3.05) is 19.7 Å². The Morgan fingerprint density at radius 3 is 2.81 bits per heavy atom. The molecule has 1 aliphatic rings. The third kappa shape index (κ3) is 3.04. The Morgan fingerprint density at radius 2 is 2.19 bits per heavy atom. The van der Waals surface area contributed by atoms with Crippen molar-refractivity contribution in [1.29, 1.82) is 0 Å². The molecule has 0 amide bonds. The Bertz CT molecular complexity index is 296. The van der Waals surface area contributed by atoms with E-state index in [4.69, 9.17) is 0 Å². The molecule has 3 N–H and O–H groups in total. The summed E-state index contributed by atoms with van der Waals surface area (Å²) in [6.45, 7) is 2.27. The molecule has 0 spiro atoms. The van der Waals surface area contributed by atoms with Crippen molar-refractivity contribution in [3.8, 4) is 0 Å². The summed E-state index contributed by atoms with van der Waals surface area (Å²) >= 11 is 0. The maximum absolute atomic E-state index is 9.43. The average Bonchev–Trinajstić information content (AvgIpc) is 2.38. The number of piperidine rings is 1. The van der Waals surface area contributed by atoms with E-state index < -0.39 is 0 Å². The van der Waals surface area contributed by atoms with Crippen molar-refractivity contribution in [3.05, 3.63) is 35.9 Å². The van der Waals surface area contributed by atoms with Crippen LogP contribution in [-0.4, -0.2) is 30.8 Å². The van der Waals surface area contributed by atoms with Gasteiger partial charge in [0.2, 0.25) is 0 Å². The van der Waals surface area contributed by atoms with Gasteiger partial charge in [-0.15, -0.1) is 0 Å². The van der Waals surface area contributed by atoms with Gasteiger partial charge in [-0.3, -0.25) is 0 Å². The van der Waals surface area contributed by atoms with Crippen LogP contribution < -0.4 is 10.6 Å². The second kappa shape index (κ2) is 5.99. The first-order valence-corrected chi connectivity index (χ1v) is 6.02. The summed E-state index contributed by atoms with van der Waals surface area (Å²) in [5, 5.41) is 16.3. The van der Waals surface area contributed by atoms with Gasteiger partial charge >= 0.3 is 0 Å². The van der Waals surface area contributed by atoms with Crippen molar-refractivity contribution in [2.45, 2.75) is 24.9 Å². The average molecular weight is 220 g/mol. The topological polar surface area (TPSA) is 44.3 Å². The van der Waals surface area contributed by atoms with Gasteiger partial charge < -0.3 is 15.7 Å². The minimum atomic E-state index is 0.0612. The lowest BCUT2D eigenvalue weighted by atomic mass is 10.0. The van der Waals surface area contributed by atoms with Gasteiger partial charge in [0.15, 0.2) is 0 Å². The minimum Gasteiger partial charge on any atom is -0.394 e. The van der Waals surface area contributed by atoms with E-state index in [0.717, 1.165) is 18.7 Å². The largest absolute Gasteiger partial charge is 0.394 e. The minimum absolute atomic E-state index is 0.0612. The summed E-state index contributed by atoms with van der Waals surface area (Å²) in [6, 6.07) is 10.7.